The van der Waals surface area contributed by atoms with Gasteiger partial charge in [-0.1, -0.05) is 6.92 Å². The monoisotopic (exact) mass is 189 g/mol. The molecule has 4 nitrogen and oxygen atoms in total. The van der Waals surface area contributed by atoms with Crippen LogP contribution >= 0.6 is 0 Å². The summed E-state index contributed by atoms with van der Waals surface area (Å²) in [4.78, 5) is 10.4. The van der Waals surface area contributed by atoms with E-state index in [4.69, 9.17) is 9.84 Å². The number of ether oxygens (including phenoxy) is 1. The minimum atomic E-state index is -0.723. The minimum Gasteiger partial charge on any atom is -0.481 e. The lowest BCUT2D eigenvalue weighted by atomic mass is 10.1. The molecule has 0 bridgehead atoms. The second-order valence-electron chi connectivity index (χ2n) is 3.12. The Morgan fingerprint density at radius 1 is 1.54 bits per heavy atom. The van der Waals surface area contributed by atoms with Crippen LogP contribution in [0.25, 0.3) is 0 Å². The van der Waals surface area contributed by atoms with Crippen molar-refractivity contribution in [3.8, 4) is 0 Å². The summed E-state index contributed by atoms with van der Waals surface area (Å²) in [7, 11) is 1.67. The van der Waals surface area contributed by atoms with Crippen LogP contribution < -0.4 is 5.32 Å². The van der Waals surface area contributed by atoms with Gasteiger partial charge in [0.25, 0.3) is 0 Å². The third-order valence-corrected chi connectivity index (χ3v) is 1.88. The molecule has 0 heterocycles. The standard InChI is InChI=1S/C9H19NO3/c1-8(9(11)12)4-6-10-5-3-7-13-2/h8,10H,3-7H2,1-2H3,(H,11,12). The molecule has 0 rings (SSSR count). The lowest BCUT2D eigenvalue weighted by Gasteiger charge is -2.06. The fourth-order valence-corrected chi connectivity index (χ4v) is 0.909. The Bertz CT molecular complexity index is 139. The zero-order valence-electron chi connectivity index (χ0n) is 8.38. The highest BCUT2D eigenvalue weighted by molar-refractivity contribution is 5.69. The van der Waals surface area contributed by atoms with Crippen LogP contribution in [0.1, 0.15) is 19.8 Å². The van der Waals surface area contributed by atoms with Crippen molar-refractivity contribution in [1.29, 1.82) is 0 Å². The van der Waals surface area contributed by atoms with Crippen molar-refractivity contribution >= 4 is 5.97 Å². The van der Waals surface area contributed by atoms with E-state index >= 15 is 0 Å². The van der Waals surface area contributed by atoms with Crippen molar-refractivity contribution in [2.24, 2.45) is 5.92 Å². The van der Waals surface area contributed by atoms with Gasteiger partial charge in [-0.3, -0.25) is 4.79 Å². The predicted octanol–water partition coefficient (Wildman–Crippen LogP) is 0.723. The highest BCUT2D eigenvalue weighted by atomic mass is 16.5. The maximum Gasteiger partial charge on any atom is 0.306 e. The van der Waals surface area contributed by atoms with E-state index in [2.05, 4.69) is 5.32 Å². The van der Waals surface area contributed by atoms with Gasteiger partial charge in [0.05, 0.1) is 5.92 Å². The molecule has 13 heavy (non-hydrogen) atoms. The average Bonchev–Trinajstić information content (AvgIpc) is 2.10. The maximum atomic E-state index is 10.4. The van der Waals surface area contributed by atoms with E-state index < -0.39 is 5.97 Å². The first-order chi connectivity index (χ1) is 6.18. The Morgan fingerprint density at radius 3 is 2.77 bits per heavy atom. The smallest absolute Gasteiger partial charge is 0.306 e. The molecule has 0 aliphatic heterocycles. The molecule has 0 aliphatic rings. The summed E-state index contributed by atoms with van der Waals surface area (Å²) < 4.78 is 4.87. The first kappa shape index (κ1) is 12.4. The van der Waals surface area contributed by atoms with Crippen molar-refractivity contribution in [3.05, 3.63) is 0 Å². The zero-order chi connectivity index (χ0) is 10.1. The van der Waals surface area contributed by atoms with E-state index in [1.807, 2.05) is 0 Å². The van der Waals surface area contributed by atoms with Crippen LogP contribution in [0.2, 0.25) is 0 Å². The van der Waals surface area contributed by atoms with E-state index in [1.54, 1.807) is 14.0 Å². The lowest BCUT2D eigenvalue weighted by molar-refractivity contribution is -0.141. The largest absolute Gasteiger partial charge is 0.481 e. The molecular weight excluding hydrogens is 170 g/mol. The van der Waals surface area contributed by atoms with E-state index in [0.717, 1.165) is 26.1 Å². The van der Waals surface area contributed by atoms with E-state index in [-0.39, 0.29) is 5.92 Å². The molecule has 4 heteroatoms. The van der Waals surface area contributed by atoms with E-state index in [1.165, 1.54) is 0 Å². The van der Waals surface area contributed by atoms with Gasteiger partial charge in [0.1, 0.15) is 0 Å². The van der Waals surface area contributed by atoms with Crippen LogP contribution in [0.4, 0.5) is 0 Å². The minimum absolute atomic E-state index is 0.255. The van der Waals surface area contributed by atoms with Crippen molar-refractivity contribution in [3.63, 3.8) is 0 Å². The van der Waals surface area contributed by atoms with Crippen LogP contribution in [0.3, 0.4) is 0 Å². The molecule has 0 spiro atoms. The molecule has 1 unspecified atom stereocenters. The summed E-state index contributed by atoms with van der Waals surface area (Å²) in [5.41, 5.74) is 0. The Balaban J connectivity index is 3.11. The highest BCUT2D eigenvalue weighted by Crippen LogP contribution is 1.99. The molecular formula is C9H19NO3. The van der Waals surface area contributed by atoms with Gasteiger partial charge < -0.3 is 15.2 Å². The number of hydrogen-bond acceptors (Lipinski definition) is 3. The number of carboxylic acid groups (broad SMARTS) is 1. The molecule has 0 aromatic rings. The fourth-order valence-electron chi connectivity index (χ4n) is 0.909. The SMILES string of the molecule is COCCCNCCC(C)C(=O)O. The summed E-state index contributed by atoms with van der Waals surface area (Å²) in [5.74, 6) is -0.978. The molecule has 0 fully saturated rings. The Morgan fingerprint density at radius 2 is 2.23 bits per heavy atom. The fraction of sp³-hybridized carbons (Fsp3) is 0.889. The molecule has 0 saturated heterocycles. The number of hydrogen-bond donors (Lipinski definition) is 2. The van der Waals surface area contributed by atoms with Gasteiger partial charge >= 0.3 is 5.97 Å². The van der Waals surface area contributed by atoms with Gasteiger partial charge in [0, 0.05) is 13.7 Å². The summed E-state index contributed by atoms with van der Waals surface area (Å²) in [6, 6.07) is 0. The van der Waals surface area contributed by atoms with Crippen LogP contribution in [0.5, 0.6) is 0 Å². The van der Waals surface area contributed by atoms with Crippen molar-refractivity contribution < 1.29 is 14.6 Å². The predicted molar refractivity (Wildman–Crippen MR) is 50.8 cm³/mol. The molecule has 0 aromatic carbocycles. The molecule has 1 atom stereocenters. The van der Waals surface area contributed by atoms with E-state index in [9.17, 15) is 4.79 Å². The molecule has 2 N–H and O–H groups in total. The lowest BCUT2D eigenvalue weighted by Crippen LogP contribution is -2.22. The maximum absolute atomic E-state index is 10.4. The second kappa shape index (κ2) is 8.01. The third-order valence-electron chi connectivity index (χ3n) is 1.88. The number of aliphatic carboxylic acids is 1. The number of carbonyl (C=O) groups is 1. The number of carboxylic acids is 1. The van der Waals surface area contributed by atoms with Gasteiger partial charge in [-0.05, 0) is 25.9 Å². The third kappa shape index (κ3) is 7.74. The molecule has 0 saturated carbocycles. The van der Waals surface area contributed by atoms with Gasteiger partial charge in [0.2, 0.25) is 0 Å². The molecule has 0 aromatic heterocycles. The number of nitrogens with one attached hydrogen (secondary N) is 1. The Hall–Kier alpha value is -0.610. The summed E-state index contributed by atoms with van der Waals surface area (Å²) in [5, 5.41) is 11.7. The molecule has 0 radical (unpaired) electrons. The van der Waals surface area contributed by atoms with Gasteiger partial charge in [-0.25, -0.2) is 0 Å². The van der Waals surface area contributed by atoms with E-state index in [0.29, 0.717) is 6.42 Å². The summed E-state index contributed by atoms with van der Waals surface area (Å²) in [6.45, 7) is 4.12. The molecule has 0 amide bonds. The van der Waals surface area contributed by atoms with Crippen molar-refractivity contribution in [2.75, 3.05) is 26.8 Å². The van der Waals surface area contributed by atoms with Crippen molar-refractivity contribution in [2.45, 2.75) is 19.8 Å². The van der Waals surface area contributed by atoms with Gasteiger partial charge in [-0.15, -0.1) is 0 Å². The Labute approximate surface area is 79.3 Å². The Kier molecular flexibility index (Phi) is 7.63. The molecule has 78 valence electrons. The quantitative estimate of drug-likeness (QED) is 0.552. The molecule has 0 aliphatic carbocycles. The number of rotatable bonds is 8. The normalized spacial score (nSPS) is 12.8. The van der Waals surface area contributed by atoms with Crippen molar-refractivity contribution in [1.82, 2.24) is 5.32 Å². The summed E-state index contributed by atoms with van der Waals surface area (Å²) in [6.07, 6.45) is 1.65. The average molecular weight is 189 g/mol. The van der Waals surface area contributed by atoms with Crippen LogP contribution in [0, 0.1) is 5.92 Å². The topological polar surface area (TPSA) is 58.6 Å². The van der Waals surface area contributed by atoms with Crippen LogP contribution in [-0.4, -0.2) is 37.9 Å². The van der Waals surface area contributed by atoms with Gasteiger partial charge in [0.15, 0.2) is 0 Å². The highest BCUT2D eigenvalue weighted by Gasteiger charge is 2.08. The van der Waals surface area contributed by atoms with Gasteiger partial charge in [-0.2, -0.15) is 0 Å². The van der Waals surface area contributed by atoms with Crippen LogP contribution in [0.15, 0.2) is 0 Å². The summed E-state index contributed by atoms with van der Waals surface area (Å²) >= 11 is 0. The first-order valence-electron chi connectivity index (χ1n) is 4.61. The second-order valence-corrected chi connectivity index (χ2v) is 3.12. The first-order valence-corrected chi connectivity index (χ1v) is 4.61. The van der Waals surface area contributed by atoms with Crippen LogP contribution in [-0.2, 0) is 9.53 Å². The zero-order valence-corrected chi connectivity index (χ0v) is 8.38. The number of methoxy groups -OCH3 is 1.